The minimum Gasteiger partial charge on any atom is -0.316 e. The average Bonchev–Trinajstić information content (AvgIpc) is 2.97. The van der Waals surface area contributed by atoms with E-state index in [1.54, 1.807) is 0 Å². The number of rotatable bonds is 4. The molecule has 5 heteroatoms. The topological polar surface area (TPSA) is 46.0 Å². The van der Waals surface area contributed by atoms with Crippen molar-refractivity contribution in [2.45, 2.75) is 46.6 Å². The van der Waals surface area contributed by atoms with Crippen LogP contribution in [0.1, 0.15) is 37.8 Å². The van der Waals surface area contributed by atoms with Gasteiger partial charge >= 0.3 is 0 Å². The molecule has 2 atom stereocenters. The summed E-state index contributed by atoms with van der Waals surface area (Å²) in [7, 11) is 0. The lowest BCUT2D eigenvalue weighted by atomic mass is 9.87. The first-order valence-corrected chi connectivity index (χ1v) is 8.35. The molecule has 2 aliphatic heterocycles. The summed E-state index contributed by atoms with van der Waals surface area (Å²) in [5, 5.41) is 8.04. The van der Waals surface area contributed by atoms with E-state index < -0.39 is 0 Å². The molecule has 1 aromatic rings. The molecule has 2 fully saturated rings. The van der Waals surface area contributed by atoms with Gasteiger partial charge in [-0.3, -0.25) is 0 Å². The molecular formula is C16H29N5. The second kappa shape index (κ2) is 6.05. The van der Waals surface area contributed by atoms with Gasteiger partial charge < -0.3 is 10.2 Å². The van der Waals surface area contributed by atoms with Crippen LogP contribution in [-0.4, -0.2) is 52.4 Å². The van der Waals surface area contributed by atoms with E-state index in [2.05, 4.69) is 38.8 Å². The van der Waals surface area contributed by atoms with Gasteiger partial charge in [-0.1, -0.05) is 6.92 Å². The second-order valence-electron chi connectivity index (χ2n) is 7.37. The maximum atomic E-state index is 4.52. The monoisotopic (exact) mass is 291 g/mol. The van der Waals surface area contributed by atoms with Crippen molar-refractivity contribution in [3.05, 3.63) is 11.6 Å². The Morgan fingerprint density at radius 1 is 1.38 bits per heavy atom. The van der Waals surface area contributed by atoms with Gasteiger partial charge in [-0.25, -0.2) is 9.67 Å². The molecule has 0 aromatic carbocycles. The van der Waals surface area contributed by atoms with Gasteiger partial charge in [-0.15, -0.1) is 0 Å². The van der Waals surface area contributed by atoms with Crippen LogP contribution in [0, 0.1) is 25.2 Å². The fourth-order valence-electron chi connectivity index (χ4n) is 3.97. The Hall–Kier alpha value is -0.940. The Kier molecular flexibility index (Phi) is 4.31. The molecule has 21 heavy (non-hydrogen) atoms. The maximum Gasteiger partial charge on any atom is 0.147 e. The third-order valence-electron chi connectivity index (χ3n) is 5.06. The summed E-state index contributed by atoms with van der Waals surface area (Å²) >= 11 is 0. The first-order chi connectivity index (χ1) is 10.0. The maximum absolute atomic E-state index is 4.52. The first-order valence-electron chi connectivity index (χ1n) is 8.35. The predicted octanol–water partition coefficient (Wildman–Crippen LogP) is 1.61. The summed E-state index contributed by atoms with van der Waals surface area (Å²) in [4.78, 5) is 7.10. The second-order valence-corrected chi connectivity index (χ2v) is 7.37. The van der Waals surface area contributed by atoms with Crippen LogP contribution in [0.2, 0.25) is 0 Å². The van der Waals surface area contributed by atoms with Gasteiger partial charge in [0, 0.05) is 26.2 Å². The van der Waals surface area contributed by atoms with Gasteiger partial charge in [-0.2, -0.15) is 5.10 Å². The van der Waals surface area contributed by atoms with E-state index in [-0.39, 0.29) is 0 Å². The van der Waals surface area contributed by atoms with E-state index in [0.29, 0.717) is 5.41 Å². The molecule has 0 radical (unpaired) electrons. The number of aromatic nitrogens is 3. The van der Waals surface area contributed by atoms with Crippen molar-refractivity contribution >= 4 is 0 Å². The van der Waals surface area contributed by atoms with Crippen LogP contribution in [0.15, 0.2) is 0 Å². The quantitative estimate of drug-likeness (QED) is 0.915. The normalized spacial score (nSPS) is 30.9. The van der Waals surface area contributed by atoms with E-state index in [1.807, 2.05) is 6.92 Å². The van der Waals surface area contributed by atoms with Gasteiger partial charge in [0.25, 0.3) is 0 Å². The smallest absolute Gasteiger partial charge is 0.147 e. The van der Waals surface area contributed by atoms with Crippen molar-refractivity contribution in [3.63, 3.8) is 0 Å². The molecule has 1 N–H and O–H groups in total. The van der Waals surface area contributed by atoms with Crippen molar-refractivity contribution in [1.29, 1.82) is 0 Å². The molecular weight excluding hydrogens is 262 g/mol. The van der Waals surface area contributed by atoms with Crippen LogP contribution in [0.4, 0.5) is 0 Å². The van der Waals surface area contributed by atoms with Crippen LogP contribution in [-0.2, 0) is 6.54 Å². The minimum absolute atomic E-state index is 0.474. The van der Waals surface area contributed by atoms with Crippen molar-refractivity contribution < 1.29 is 0 Å². The predicted molar refractivity (Wildman–Crippen MR) is 84.3 cm³/mol. The summed E-state index contributed by atoms with van der Waals surface area (Å²) in [6.07, 6.45) is 3.96. The summed E-state index contributed by atoms with van der Waals surface area (Å²) in [6, 6.07) is 0. The summed E-state index contributed by atoms with van der Waals surface area (Å²) < 4.78 is 2.10. The number of piperidine rings is 1. The van der Waals surface area contributed by atoms with Crippen LogP contribution in [0.25, 0.3) is 0 Å². The molecule has 1 aromatic heterocycles. The molecule has 0 spiro atoms. The van der Waals surface area contributed by atoms with Crippen molar-refractivity contribution in [2.75, 3.05) is 32.7 Å². The lowest BCUT2D eigenvalue weighted by molar-refractivity contribution is 0.112. The zero-order valence-electron chi connectivity index (χ0n) is 13.7. The molecule has 118 valence electrons. The van der Waals surface area contributed by atoms with E-state index in [4.69, 9.17) is 0 Å². The average molecular weight is 291 g/mol. The van der Waals surface area contributed by atoms with E-state index in [1.165, 1.54) is 52.0 Å². The molecule has 2 saturated heterocycles. The standard InChI is InChI=1S/C16H29N5/c1-13-18-14(2)21(19-13)10-15-5-4-8-20(9-15)12-16(3)6-7-17-11-16/h15,17H,4-12H2,1-3H3. The Labute approximate surface area is 128 Å². The SMILES string of the molecule is Cc1nc(C)n(CC2CCCN(CC3(C)CCNC3)C2)n1. The zero-order valence-corrected chi connectivity index (χ0v) is 13.7. The van der Waals surface area contributed by atoms with Gasteiger partial charge in [0.05, 0.1) is 0 Å². The van der Waals surface area contributed by atoms with Crippen LogP contribution < -0.4 is 5.32 Å². The number of hydrogen-bond donors (Lipinski definition) is 1. The van der Waals surface area contributed by atoms with Crippen molar-refractivity contribution in [2.24, 2.45) is 11.3 Å². The number of nitrogens with zero attached hydrogens (tertiary/aromatic N) is 4. The highest BCUT2D eigenvalue weighted by atomic mass is 15.3. The zero-order chi connectivity index (χ0) is 14.9. The largest absolute Gasteiger partial charge is 0.316 e. The van der Waals surface area contributed by atoms with Gasteiger partial charge in [0.1, 0.15) is 11.6 Å². The van der Waals surface area contributed by atoms with E-state index in [9.17, 15) is 0 Å². The van der Waals surface area contributed by atoms with E-state index in [0.717, 1.165) is 24.1 Å². The highest BCUT2D eigenvalue weighted by molar-refractivity contribution is 4.90. The minimum atomic E-state index is 0.474. The lowest BCUT2D eigenvalue weighted by Gasteiger charge is -2.37. The van der Waals surface area contributed by atoms with Gasteiger partial charge in [0.2, 0.25) is 0 Å². The van der Waals surface area contributed by atoms with Crippen LogP contribution >= 0.6 is 0 Å². The Morgan fingerprint density at radius 3 is 2.90 bits per heavy atom. The van der Waals surface area contributed by atoms with Crippen molar-refractivity contribution in [3.8, 4) is 0 Å². The van der Waals surface area contributed by atoms with Crippen molar-refractivity contribution in [1.82, 2.24) is 25.0 Å². The molecule has 3 heterocycles. The van der Waals surface area contributed by atoms with Gasteiger partial charge in [-0.05, 0) is 57.5 Å². The third kappa shape index (κ3) is 3.64. The van der Waals surface area contributed by atoms with E-state index >= 15 is 0 Å². The first kappa shape index (κ1) is 15.0. The van der Waals surface area contributed by atoms with Crippen LogP contribution in [0.5, 0.6) is 0 Å². The number of aryl methyl sites for hydroxylation is 2. The molecule has 0 aliphatic carbocycles. The Bertz CT molecular complexity index is 475. The lowest BCUT2D eigenvalue weighted by Crippen LogP contribution is -2.43. The van der Waals surface area contributed by atoms with Gasteiger partial charge in [0.15, 0.2) is 0 Å². The summed E-state index contributed by atoms with van der Waals surface area (Å²) in [5.74, 6) is 2.66. The molecule has 5 nitrogen and oxygen atoms in total. The Balaban J connectivity index is 1.57. The fourth-order valence-corrected chi connectivity index (χ4v) is 3.97. The molecule has 0 amide bonds. The highest BCUT2D eigenvalue weighted by Gasteiger charge is 2.32. The molecule has 3 rings (SSSR count). The highest BCUT2D eigenvalue weighted by Crippen LogP contribution is 2.28. The third-order valence-corrected chi connectivity index (χ3v) is 5.06. The summed E-state index contributed by atoms with van der Waals surface area (Å²) in [6.45, 7) is 13.6. The van der Waals surface area contributed by atoms with Crippen LogP contribution in [0.3, 0.4) is 0 Å². The molecule has 2 unspecified atom stereocenters. The summed E-state index contributed by atoms with van der Waals surface area (Å²) in [5.41, 5.74) is 0.474. The number of likely N-dealkylation sites (tertiary alicyclic amines) is 1. The molecule has 0 saturated carbocycles. The molecule has 0 bridgehead atoms. The molecule has 2 aliphatic rings. The Morgan fingerprint density at radius 2 is 2.24 bits per heavy atom. The number of nitrogens with one attached hydrogen (secondary N) is 1. The number of hydrogen-bond acceptors (Lipinski definition) is 4. The fraction of sp³-hybridized carbons (Fsp3) is 0.875.